The lowest BCUT2D eigenvalue weighted by atomic mass is 10.1. The van der Waals surface area contributed by atoms with E-state index in [2.05, 4.69) is 9.97 Å². The molecular formula is C18H11F2N3. The van der Waals surface area contributed by atoms with Gasteiger partial charge < -0.3 is 0 Å². The average Bonchev–Trinajstić information content (AvgIpc) is 2.98. The summed E-state index contributed by atoms with van der Waals surface area (Å²) in [6, 6.07) is 15.0. The van der Waals surface area contributed by atoms with E-state index < -0.39 is 11.6 Å². The normalized spacial score (nSPS) is 11.0. The summed E-state index contributed by atoms with van der Waals surface area (Å²) in [6.45, 7) is 0. The standard InChI is InChI=1S/C18H11F2N3/c19-13-6-7-14(15(20)10-13)17-11-23-9-8-16(21-18(23)22-17)12-4-2-1-3-5-12/h1-11H. The molecule has 4 aromatic rings. The lowest BCUT2D eigenvalue weighted by Gasteiger charge is -2.00. The van der Waals surface area contributed by atoms with Crippen LogP contribution >= 0.6 is 0 Å². The molecule has 2 aromatic heterocycles. The molecule has 0 spiro atoms. The van der Waals surface area contributed by atoms with Gasteiger partial charge in [0.2, 0.25) is 5.78 Å². The highest BCUT2D eigenvalue weighted by Gasteiger charge is 2.11. The van der Waals surface area contributed by atoms with Crippen LogP contribution in [0.4, 0.5) is 8.78 Å². The van der Waals surface area contributed by atoms with Crippen molar-refractivity contribution < 1.29 is 8.78 Å². The fraction of sp³-hybridized carbons (Fsp3) is 0. The van der Waals surface area contributed by atoms with E-state index in [0.717, 1.165) is 17.3 Å². The van der Waals surface area contributed by atoms with E-state index in [0.29, 0.717) is 11.5 Å². The van der Waals surface area contributed by atoms with Crippen molar-refractivity contribution in [2.45, 2.75) is 0 Å². The number of halogens is 2. The molecule has 0 aliphatic heterocycles. The van der Waals surface area contributed by atoms with Crippen LogP contribution in [0.2, 0.25) is 0 Å². The SMILES string of the molecule is Fc1ccc(-c2cn3ccc(-c4ccccc4)nc3n2)c(F)c1. The first kappa shape index (κ1) is 13.6. The van der Waals surface area contributed by atoms with Crippen molar-refractivity contribution >= 4 is 5.78 Å². The molecule has 0 aliphatic rings. The van der Waals surface area contributed by atoms with Crippen LogP contribution in [-0.2, 0) is 0 Å². The summed E-state index contributed by atoms with van der Waals surface area (Å²) in [6.07, 6.45) is 3.50. The van der Waals surface area contributed by atoms with Gasteiger partial charge in [-0.15, -0.1) is 0 Å². The van der Waals surface area contributed by atoms with Gasteiger partial charge in [0.05, 0.1) is 11.4 Å². The molecule has 2 aromatic carbocycles. The van der Waals surface area contributed by atoms with E-state index in [4.69, 9.17) is 0 Å². The van der Waals surface area contributed by atoms with Crippen LogP contribution in [0.25, 0.3) is 28.3 Å². The molecule has 0 fully saturated rings. The van der Waals surface area contributed by atoms with E-state index in [9.17, 15) is 8.78 Å². The summed E-state index contributed by atoms with van der Waals surface area (Å²) in [5, 5.41) is 0. The van der Waals surface area contributed by atoms with Gasteiger partial charge in [-0.1, -0.05) is 30.3 Å². The number of aromatic nitrogens is 3. The van der Waals surface area contributed by atoms with Crippen molar-refractivity contribution in [3.8, 4) is 22.5 Å². The molecule has 0 N–H and O–H groups in total. The Morgan fingerprint density at radius 3 is 2.39 bits per heavy atom. The topological polar surface area (TPSA) is 30.2 Å². The molecular weight excluding hydrogens is 296 g/mol. The summed E-state index contributed by atoms with van der Waals surface area (Å²) in [5.41, 5.74) is 2.43. The Balaban J connectivity index is 1.82. The predicted molar refractivity (Wildman–Crippen MR) is 83.8 cm³/mol. The Labute approximate surface area is 130 Å². The Morgan fingerprint density at radius 2 is 1.61 bits per heavy atom. The number of nitrogens with zero attached hydrogens (tertiary/aromatic N) is 3. The van der Waals surface area contributed by atoms with Gasteiger partial charge in [0, 0.05) is 29.6 Å². The van der Waals surface area contributed by atoms with Gasteiger partial charge in [0.15, 0.2) is 0 Å². The summed E-state index contributed by atoms with van der Waals surface area (Å²) in [7, 11) is 0. The molecule has 0 saturated carbocycles. The highest BCUT2D eigenvalue weighted by Crippen LogP contribution is 2.24. The number of imidazole rings is 1. The third kappa shape index (κ3) is 2.46. The summed E-state index contributed by atoms with van der Waals surface area (Å²) in [5.74, 6) is -0.790. The Hall–Kier alpha value is -3.08. The van der Waals surface area contributed by atoms with Crippen molar-refractivity contribution in [2.75, 3.05) is 0 Å². The first-order valence-corrected chi connectivity index (χ1v) is 7.07. The number of rotatable bonds is 2. The van der Waals surface area contributed by atoms with E-state index in [1.54, 1.807) is 10.6 Å². The zero-order valence-corrected chi connectivity index (χ0v) is 11.9. The smallest absolute Gasteiger partial charge is 0.234 e. The molecule has 0 radical (unpaired) electrons. The van der Waals surface area contributed by atoms with Crippen molar-refractivity contribution in [2.24, 2.45) is 0 Å². The first-order valence-electron chi connectivity index (χ1n) is 7.07. The Morgan fingerprint density at radius 1 is 0.826 bits per heavy atom. The van der Waals surface area contributed by atoms with Crippen LogP contribution in [0.15, 0.2) is 67.0 Å². The molecule has 112 valence electrons. The zero-order chi connectivity index (χ0) is 15.8. The first-order chi connectivity index (χ1) is 11.2. The van der Waals surface area contributed by atoms with Gasteiger partial charge in [-0.05, 0) is 18.2 Å². The van der Waals surface area contributed by atoms with Crippen LogP contribution in [-0.4, -0.2) is 14.4 Å². The van der Waals surface area contributed by atoms with Crippen molar-refractivity contribution in [1.82, 2.24) is 14.4 Å². The van der Waals surface area contributed by atoms with Gasteiger partial charge in [-0.3, -0.25) is 4.40 Å². The van der Waals surface area contributed by atoms with E-state index in [-0.39, 0.29) is 5.56 Å². The van der Waals surface area contributed by atoms with E-state index >= 15 is 0 Å². The maximum atomic E-state index is 13.9. The van der Waals surface area contributed by atoms with Crippen LogP contribution in [0.1, 0.15) is 0 Å². The lowest BCUT2D eigenvalue weighted by molar-refractivity contribution is 0.585. The van der Waals surface area contributed by atoms with Crippen LogP contribution in [0.5, 0.6) is 0 Å². The molecule has 2 heterocycles. The monoisotopic (exact) mass is 307 g/mol. The zero-order valence-electron chi connectivity index (χ0n) is 11.9. The van der Waals surface area contributed by atoms with Crippen molar-refractivity contribution in [3.63, 3.8) is 0 Å². The number of fused-ring (bicyclic) bond motifs is 1. The maximum absolute atomic E-state index is 13.9. The van der Waals surface area contributed by atoms with Gasteiger partial charge in [-0.2, -0.15) is 0 Å². The van der Waals surface area contributed by atoms with Gasteiger partial charge in [-0.25, -0.2) is 18.7 Å². The molecule has 5 heteroatoms. The lowest BCUT2D eigenvalue weighted by Crippen LogP contribution is -1.90. The Kier molecular flexibility index (Phi) is 3.12. The number of hydrogen-bond acceptors (Lipinski definition) is 2. The van der Waals surface area contributed by atoms with E-state index in [1.807, 2.05) is 42.6 Å². The van der Waals surface area contributed by atoms with E-state index in [1.165, 1.54) is 12.1 Å². The third-order valence-electron chi connectivity index (χ3n) is 3.60. The Bertz CT molecular complexity index is 994. The molecule has 0 bridgehead atoms. The summed E-state index contributed by atoms with van der Waals surface area (Å²) < 4.78 is 28.6. The molecule has 23 heavy (non-hydrogen) atoms. The second-order valence-electron chi connectivity index (χ2n) is 5.14. The third-order valence-corrected chi connectivity index (χ3v) is 3.60. The average molecular weight is 307 g/mol. The molecule has 4 rings (SSSR count). The molecule has 0 aliphatic carbocycles. The predicted octanol–water partition coefficient (Wildman–Crippen LogP) is 4.34. The number of hydrogen-bond donors (Lipinski definition) is 0. The quantitative estimate of drug-likeness (QED) is 0.551. The second-order valence-corrected chi connectivity index (χ2v) is 5.14. The van der Waals surface area contributed by atoms with Gasteiger partial charge in [0.1, 0.15) is 11.6 Å². The van der Waals surface area contributed by atoms with Crippen LogP contribution in [0, 0.1) is 11.6 Å². The minimum absolute atomic E-state index is 0.248. The molecule has 0 atom stereocenters. The van der Waals surface area contributed by atoms with Crippen molar-refractivity contribution in [3.05, 3.63) is 78.6 Å². The number of benzene rings is 2. The maximum Gasteiger partial charge on any atom is 0.234 e. The minimum atomic E-state index is -0.642. The van der Waals surface area contributed by atoms with Crippen molar-refractivity contribution in [1.29, 1.82) is 0 Å². The van der Waals surface area contributed by atoms with Gasteiger partial charge in [0.25, 0.3) is 0 Å². The molecule has 0 amide bonds. The highest BCUT2D eigenvalue weighted by atomic mass is 19.1. The van der Waals surface area contributed by atoms with Crippen LogP contribution in [0.3, 0.4) is 0 Å². The molecule has 0 saturated heterocycles. The summed E-state index contributed by atoms with van der Waals surface area (Å²) in [4.78, 5) is 8.84. The molecule has 0 unspecified atom stereocenters. The second kappa shape index (κ2) is 5.28. The summed E-state index contributed by atoms with van der Waals surface area (Å²) >= 11 is 0. The fourth-order valence-electron chi connectivity index (χ4n) is 2.47. The van der Waals surface area contributed by atoms with Gasteiger partial charge >= 0.3 is 0 Å². The fourth-order valence-corrected chi connectivity index (χ4v) is 2.47. The molecule has 3 nitrogen and oxygen atoms in total. The highest BCUT2D eigenvalue weighted by molar-refractivity contribution is 5.65. The van der Waals surface area contributed by atoms with Crippen LogP contribution < -0.4 is 0 Å². The largest absolute Gasteiger partial charge is 0.290 e. The minimum Gasteiger partial charge on any atom is -0.290 e.